The van der Waals surface area contributed by atoms with Crippen molar-refractivity contribution in [3.8, 4) is 5.75 Å². The Kier molecular flexibility index (Phi) is 10.1. The van der Waals surface area contributed by atoms with E-state index < -0.39 is 0 Å². The number of anilines is 1. The van der Waals surface area contributed by atoms with Gasteiger partial charge in [0.25, 0.3) is 0 Å². The van der Waals surface area contributed by atoms with Gasteiger partial charge in [0, 0.05) is 18.4 Å². The first-order valence-corrected chi connectivity index (χ1v) is 8.52. The summed E-state index contributed by atoms with van der Waals surface area (Å²) in [6, 6.07) is 7.47. The van der Waals surface area contributed by atoms with Crippen molar-refractivity contribution in [2.24, 2.45) is 0 Å². The lowest BCUT2D eigenvalue weighted by atomic mass is 10.3. The fraction of sp³-hybridized carbons (Fsp3) is 0.611. The third-order valence-corrected chi connectivity index (χ3v) is 3.27. The van der Waals surface area contributed by atoms with Crippen molar-refractivity contribution in [1.82, 2.24) is 4.90 Å². The van der Waals surface area contributed by atoms with Gasteiger partial charge in [-0.2, -0.15) is 0 Å². The second-order valence-electron chi connectivity index (χ2n) is 5.40. The lowest BCUT2D eigenvalue weighted by Gasteiger charge is -2.20. The monoisotopic (exact) mass is 322 g/mol. The molecule has 0 fully saturated rings. The van der Waals surface area contributed by atoms with E-state index in [-0.39, 0.29) is 5.91 Å². The van der Waals surface area contributed by atoms with Gasteiger partial charge in [-0.1, -0.05) is 19.9 Å². The quantitative estimate of drug-likeness (QED) is 0.601. The van der Waals surface area contributed by atoms with Crippen LogP contribution in [0.1, 0.15) is 33.6 Å². The molecule has 0 aliphatic heterocycles. The Morgan fingerprint density at radius 2 is 1.87 bits per heavy atom. The lowest BCUT2D eigenvalue weighted by molar-refractivity contribution is -0.117. The Hall–Kier alpha value is -1.59. The van der Waals surface area contributed by atoms with Crippen molar-refractivity contribution in [2.45, 2.75) is 33.6 Å². The van der Waals surface area contributed by atoms with E-state index in [1.807, 2.05) is 31.2 Å². The van der Waals surface area contributed by atoms with Gasteiger partial charge in [-0.3, -0.25) is 9.69 Å². The summed E-state index contributed by atoms with van der Waals surface area (Å²) < 4.78 is 10.8. The fourth-order valence-electron chi connectivity index (χ4n) is 2.33. The van der Waals surface area contributed by atoms with Crippen LogP contribution in [0, 0.1) is 0 Å². The van der Waals surface area contributed by atoms with Crippen molar-refractivity contribution in [2.75, 3.05) is 44.8 Å². The van der Waals surface area contributed by atoms with E-state index in [0.29, 0.717) is 26.4 Å². The molecule has 0 heterocycles. The molecule has 0 bridgehead atoms. The molecule has 0 saturated carbocycles. The molecule has 1 rings (SSSR count). The van der Waals surface area contributed by atoms with Crippen molar-refractivity contribution in [1.29, 1.82) is 0 Å². The van der Waals surface area contributed by atoms with Gasteiger partial charge in [0.15, 0.2) is 0 Å². The molecule has 23 heavy (non-hydrogen) atoms. The van der Waals surface area contributed by atoms with Gasteiger partial charge in [-0.25, -0.2) is 0 Å². The average molecular weight is 322 g/mol. The zero-order chi connectivity index (χ0) is 16.9. The van der Waals surface area contributed by atoms with Gasteiger partial charge in [0.2, 0.25) is 5.91 Å². The highest BCUT2D eigenvalue weighted by Gasteiger charge is 2.09. The number of benzene rings is 1. The summed E-state index contributed by atoms with van der Waals surface area (Å²) in [5.74, 6) is 0.750. The SMILES string of the molecule is CCCN(CCC)CC(=O)Nc1cccc(OCCOCC)c1. The summed E-state index contributed by atoms with van der Waals surface area (Å²) in [4.78, 5) is 14.3. The van der Waals surface area contributed by atoms with Crippen LogP contribution < -0.4 is 10.1 Å². The summed E-state index contributed by atoms with van der Waals surface area (Å²) in [6.45, 7) is 10.3. The normalized spacial score (nSPS) is 10.8. The Morgan fingerprint density at radius 3 is 2.52 bits per heavy atom. The molecule has 0 atom stereocenters. The highest BCUT2D eigenvalue weighted by Crippen LogP contribution is 2.17. The van der Waals surface area contributed by atoms with E-state index >= 15 is 0 Å². The average Bonchev–Trinajstić information content (AvgIpc) is 2.52. The third kappa shape index (κ3) is 8.57. The van der Waals surface area contributed by atoms with Crippen LogP contribution in [0.4, 0.5) is 5.69 Å². The van der Waals surface area contributed by atoms with Gasteiger partial charge in [0.1, 0.15) is 12.4 Å². The van der Waals surface area contributed by atoms with Crippen LogP contribution in [0.25, 0.3) is 0 Å². The van der Waals surface area contributed by atoms with E-state index in [4.69, 9.17) is 9.47 Å². The highest BCUT2D eigenvalue weighted by molar-refractivity contribution is 5.92. The van der Waals surface area contributed by atoms with Crippen LogP contribution in [-0.2, 0) is 9.53 Å². The highest BCUT2D eigenvalue weighted by atomic mass is 16.5. The van der Waals surface area contributed by atoms with Crippen molar-refractivity contribution < 1.29 is 14.3 Å². The third-order valence-electron chi connectivity index (χ3n) is 3.27. The van der Waals surface area contributed by atoms with Crippen LogP contribution in [0.5, 0.6) is 5.75 Å². The maximum atomic E-state index is 12.2. The number of carbonyl (C=O) groups is 1. The number of rotatable bonds is 12. The molecule has 5 heteroatoms. The molecule has 1 aromatic carbocycles. The van der Waals surface area contributed by atoms with E-state index in [1.165, 1.54) is 0 Å². The Bertz CT molecular complexity index is 446. The summed E-state index contributed by atoms with van der Waals surface area (Å²) in [6.07, 6.45) is 2.10. The first kappa shape index (κ1) is 19.5. The summed E-state index contributed by atoms with van der Waals surface area (Å²) in [5, 5.41) is 2.94. The number of ether oxygens (including phenoxy) is 2. The number of nitrogens with zero attached hydrogens (tertiary/aromatic N) is 1. The maximum Gasteiger partial charge on any atom is 0.238 e. The lowest BCUT2D eigenvalue weighted by Crippen LogP contribution is -2.34. The zero-order valence-electron chi connectivity index (χ0n) is 14.6. The summed E-state index contributed by atoms with van der Waals surface area (Å²) in [7, 11) is 0. The van der Waals surface area contributed by atoms with Crippen molar-refractivity contribution >= 4 is 11.6 Å². The largest absolute Gasteiger partial charge is 0.491 e. The second kappa shape index (κ2) is 11.9. The molecule has 0 spiro atoms. The number of hydrogen-bond donors (Lipinski definition) is 1. The first-order valence-electron chi connectivity index (χ1n) is 8.52. The Balaban J connectivity index is 2.47. The molecule has 1 N–H and O–H groups in total. The predicted octanol–water partition coefficient (Wildman–Crippen LogP) is 3.16. The molecule has 0 aliphatic carbocycles. The molecule has 0 aliphatic rings. The standard InChI is InChI=1S/C18H30N2O3/c1-4-10-20(11-5-2)15-18(21)19-16-8-7-9-17(14-16)23-13-12-22-6-3/h7-9,14H,4-6,10-13,15H2,1-3H3,(H,19,21). The first-order chi connectivity index (χ1) is 11.2. The van der Waals surface area contributed by atoms with Gasteiger partial charge in [-0.15, -0.1) is 0 Å². The molecule has 0 unspecified atom stereocenters. The molecule has 0 radical (unpaired) electrons. The molecule has 1 aromatic rings. The van der Waals surface area contributed by atoms with Crippen LogP contribution in [0.2, 0.25) is 0 Å². The molecular formula is C18H30N2O3. The zero-order valence-corrected chi connectivity index (χ0v) is 14.6. The van der Waals surface area contributed by atoms with Gasteiger partial charge < -0.3 is 14.8 Å². The van der Waals surface area contributed by atoms with E-state index in [9.17, 15) is 4.79 Å². The van der Waals surface area contributed by atoms with Crippen LogP contribution in [0.3, 0.4) is 0 Å². The minimum absolute atomic E-state index is 0.0124. The fourth-order valence-corrected chi connectivity index (χ4v) is 2.33. The van der Waals surface area contributed by atoms with E-state index in [2.05, 4.69) is 24.1 Å². The van der Waals surface area contributed by atoms with E-state index in [0.717, 1.165) is 37.4 Å². The van der Waals surface area contributed by atoms with Gasteiger partial charge in [-0.05, 0) is 45.0 Å². The maximum absolute atomic E-state index is 12.2. The molecule has 130 valence electrons. The summed E-state index contributed by atoms with van der Waals surface area (Å²) >= 11 is 0. The number of nitrogens with one attached hydrogen (secondary N) is 1. The molecular weight excluding hydrogens is 292 g/mol. The second-order valence-corrected chi connectivity index (χ2v) is 5.40. The Morgan fingerprint density at radius 1 is 1.13 bits per heavy atom. The van der Waals surface area contributed by atoms with E-state index in [1.54, 1.807) is 0 Å². The Labute approximate surface area is 140 Å². The minimum Gasteiger partial charge on any atom is -0.491 e. The van der Waals surface area contributed by atoms with Crippen molar-refractivity contribution in [3.05, 3.63) is 24.3 Å². The number of carbonyl (C=O) groups excluding carboxylic acids is 1. The molecule has 0 aromatic heterocycles. The molecule has 1 amide bonds. The van der Waals surface area contributed by atoms with Crippen molar-refractivity contribution in [3.63, 3.8) is 0 Å². The molecule has 5 nitrogen and oxygen atoms in total. The topological polar surface area (TPSA) is 50.8 Å². The van der Waals surface area contributed by atoms with Crippen LogP contribution in [0.15, 0.2) is 24.3 Å². The predicted molar refractivity (Wildman–Crippen MR) is 94.1 cm³/mol. The smallest absolute Gasteiger partial charge is 0.238 e. The number of amides is 1. The number of hydrogen-bond acceptors (Lipinski definition) is 4. The minimum atomic E-state index is 0.0124. The van der Waals surface area contributed by atoms with Gasteiger partial charge in [0.05, 0.1) is 13.2 Å². The van der Waals surface area contributed by atoms with Gasteiger partial charge >= 0.3 is 0 Å². The van der Waals surface area contributed by atoms with Crippen LogP contribution in [-0.4, -0.2) is 50.3 Å². The van der Waals surface area contributed by atoms with Crippen LogP contribution >= 0.6 is 0 Å². The summed E-state index contributed by atoms with van der Waals surface area (Å²) in [5.41, 5.74) is 0.761. The molecule has 0 saturated heterocycles.